The smallest absolute Gasteiger partial charge is 0.361 e. The van der Waals surface area contributed by atoms with Crippen LogP contribution in [0.1, 0.15) is 17.5 Å². The summed E-state index contributed by atoms with van der Waals surface area (Å²) < 4.78 is 36.4. The van der Waals surface area contributed by atoms with Gasteiger partial charge in [0.15, 0.2) is 5.96 Å². The van der Waals surface area contributed by atoms with E-state index in [0.29, 0.717) is 12.5 Å². The molecule has 2 aromatic rings. The van der Waals surface area contributed by atoms with Gasteiger partial charge in [0.2, 0.25) is 0 Å². The Morgan fingerprint density at radius 2 is 1.96 bits per heavy atom. The number of rotatable bonds is 5. The van der Waals surface area contributed by atoms with E-state index in [1.54, 1.807) is 0 Å². The maximum atomic E-state index is 12.1. The lowest BCUT2D eigenvalue weighted by atomic mass is 10.1. The molecular formula is C16H21F3N4. The molecule has 0 atom stereocenters. The van der Waals surface area contributed by atoms with Crippen molar-refractivity contribution in [1.82, 2.24) is 15.6 Å². The highest BCUT2D eigenvalue weighted by atomic mass is 19.4. The van der Waals surface area contributed by atoms with E-state index in [0.717, 1.165) is 17.3 Å². The number of aromatic amines is 1. The molecular weight excluding hydrogens is 305 g/mol. The van der Waals surface area contributed by atoms with E-state index in [2.05, 4.69) is 38.8 Å². The Morgan fingerprint density at radius 1 is 1.22 bits per heavy atom. The van der Waals surface area contributed by atoms with Crippen LogP contribution < -0.4 is 10.6 Å². The summed E-state index contributed by atoms with van der Waals surface area (Å²) in [5.41, 5.74) is 3.45. The number of nitrogens with zero attached hydrogens (tertiary/aromatic N) is 1. The van der Waals surface area contributed by atoms with Gasteiger partial charge in [-0.2, -0.15) is 13.2 Å². The van der Waals surface area contributed by atoms with Gasteiger partial charge in [0.05, 0.1) is 6.42 Å². The molecule has 0 aliphatic heterocycles. The Labute approximate surface area is 133 Å². The number of aromatic nitrogens is 1. The molecule has 0 spiro atoms. The van der Waals surface area contributed by atoms with Crippen molar-refractivity contribution in [3.05, 3.63) is 35.5 Å². The minimum atomic E-state index is -4.16. The van der Waals surface area contributed by atoms with Gasteiger partial charge in [0.1, 0.15) is 0 Å². The lowest BCUT2D eigenvalue weighted by Gasteiger charge is -2.12. The number of hydrogen-bond acceptors (Lipinski definition) is 1. The van der Waals surface area contributed by atoms with Crippen molar-refractivity contribution in [2.75, 3.05) is 20.1 Å². The first-order valence-corrected chi connectivity index (χ1v) is 7.47. The molecule has 1 aromatic carbocycles. The van der Waals surface area contributed by atoms with Crippen LogP contribution in [0.15, 0.2) is 29.4 Å². The van der Waals surface area contributed by atoms with Crippen LogP contribution in [0.2, 0.25) is 0 Å². The standard InChI is InChI=1S/C16H21F3N4/c1-11-3-4-13-12(10-23-14(13)9-11)5-7-21-15(20-2)22-8-6-16(17,18)19/h3-4,9-10,23H,5-8H2,1-2H3,(H2,20,21,22). The number of aryl methyl sites for hydroxylation is 1. The highest BCUT2D eigenvalue weighted by molar-refractivity contribution is 5.84. The summed E-state index contributed by atoms with van der Waals surface area (Å²) in [7, 11) is 1.54. The third kappa shape index (κ3) is 5.19. The Balaban J connectivity index is 1.83. The molecule has 0 aliphatic rings. The predicted octanol–water partition coefficient (Wildman–Crippen LogP) is 3.14. The van der Waals surface area contributed by atoms with Gasteiger partial charge in [0, 0.05) is 37.2 Å². The normalized spacial score (nSPS) is 12.7. The second kappa shape index (κ2) is 7.39. The van der Waals surface area contributed by atoms with Crippen molar-refractivity contribution in [3.63, 3.8) is 0 Å². The molecule has 0 bridgehead atoms. The maximum Gasteiger partial charge on any atom is 0.390 e. The summed E-state index contributed by atoms with van der Waals surface area (Å²) in [6.07, 6.45) is -2.32. The Kier molecular flexibility index (Phi) is 5.52. The van der Waals surface area contributed by atoms with Crippen molar-refractivity contribution < 1.29 is 13.2 Å². The van der Waals surface area contributed by atoms with Crippen molar-refractivity contribution in [2.45, 2.75) is 25.9 Å². The van der Waals surface area contributed by atoms with Gasteiger partial charge in [-0.25, -0.2) is 0 Å². The molecule has 0 fully saturated rings. The van der Waals surface area contributed by atoms with E-state index < -0.39 is 12.6 Å². The van der Waals surface area contributed by atoms with Crippen LogP contribution in [-0.2, 0) is 6.42 Å². The van der Waals surface area contributed by atoms with Gasteiger partial charge in [-0.05, 0) is 30.5 Å². The molecule has 0 aliphatic carbocycles. The second-order valence-corrected chi connectivity index (χ2v) is 5.40. The summed E-state index contributed by atoms with van der Waals surface area (Å²) in [4.78, 5) is 7.15. The Morgan fingerprint density at radius 3 is 2.65 bits per heavy atom. The van der Waals surface area contributed by atoms with E-state index in [1.165, 1.54) is 18.2 Å². The van der Waals surface area contributed by atoms with E-state index in [1.807, 2.05) is 13.1 Å². The summed E-state index contributed by atoms with van der Waals surface area (Å²) in [5, 5.41) is 6.85. The molecule has 3 N–H and O–H groups in total. The fourth-order valence-electron chi connectivity index (χ4n) is 2.37. The number of guanidine groups is 1. The van der Waals surface area contributed by atoms with Crippen molar-refractivity contribution in [3.8, 4) is 0 Å². The average Bonchev–Trinajstić information content (AvgIpc) is 2.86. The largest absolute Gasteiger partial charge is 0.390 e. The van der Waals surface area contributed by atoms with E-state index in [-0.39, 0.29) is 6.54 Å². The van der Waals surface area contributed by atoms with Crippen LogP contribution in [0, 0.1) is 6.92 Å². The Bertz CT molecular complexity index is 674. The van der Waals surface area contributed by atoms with Crippen LogP contribution in [0.3, 0.4) is 0 Å². The first-order chi connectivity index (χ1) is 10.9. The minimum Gasteiger partial charge on any atom is -0.361 e. The summed E-state index contributed by atoms with van der Waals surface area (Å²) in [6, 6.07) is 6.22. The van der Waals surface area contributed by atoms with Gasteiger partial charge >= 0.3 is 6.18 Å². The number of alkyl halides is 3. The van der Waals surface area contributed by atoms with Gasteiger partial charge in [0.25, 0.3) is 0 Å². The van der Waals surface area contributed by atoms with Crippen LogP contribution in [0.4, 0.5) is 13.2 Å². The molecule has 0 saturated carbocycles. The van der Waals surface area contributed by atoms with Gasteiger partial charge < -0.3 is 15.6 Å². The monoisotopic (exact) mass is 326 g/mol. The fraction of sp³-hybridized carbons (Fsp3) is 0.438. The third-order valence-corrected chi connectivity index (χ3v) is 3.53. The summed E-state index contributed by atoms with van der Waals surface area (Å²) >= 11 is 0. The van der Waals surface area contributed by atoms with Gasteiger partial charge in [-0.15, -0.1) is 0 Å². The number of aliphatic imine (C=N–C) groups is 1. The molecule has 0 unspecified atom stereocenters. The molecule has 4 nitrogen and oxygen atoms in total. The topological polar surface area (TPSA) is 52.2 Å². The number of H-pyrrole nitrogens is 1. The molecule has 23 heavy (non-hydrogen) atoms. The van der Waals surface area contributed by atoms with E-state index in [4.69, 9.17) is 0 Å². The maximum absolute atomic E-state index is 12.1. The SMILES string of the molecule is CN=C(NCCc1c[nH]c2cc(C)ccc12)NCCC(F)(F)F. The molecule has 126 valence electrons. The summed E-state index contributed by atoms with van der Waals surface area (Å²) in [5.74, 6) is 0.380. The van der Waals surface area contributed by atoms with Crippen LogP contribution in [-0.4, -0.2) is 37.3 Å². The first-order valence-electron chi connectivity index (χ1n) is 7.47. The van der Waals surface area contributed by atoms with Crippen molar-refractivity contribution in [2.24, 2.45) is 4.99 Å². The average molecular weight is 326 g/mol. The quantitative estimate of drug-likeness (QED) is 0.584. The van der Waals surface area contributed by atoms with Gasteiger partial charge in [-0.3, -0.25) is 4.99 Å². The first kappa shape index (κ1) is 17.2. The molecule has 2 rings (SSSR count). The third-order valence-electron chi connectivity index (χ3n) is 3.53. The lowest BCUT2D eigenvalue weighted by Crippen LogP contribution is -2.39. The number of hydrogen-bond donors (Lipinski definition) is 3. The highest BCUT2D eigenvalue weighted by Crippen LogP contribution is 2.20. The highest BCUT2D eigenvalue weighted by Gasteiger charge is 2.26. The Hall–Kier alpha value is -2.18. The number of benzene rings is 1. The molecule has 0 amide bonds. The molecule has 1 aromatic heterocycles. The van der Waals surface area contributed by atoms with Crippen LogP contribution in [0.25, 0.3) is 10.9 Å². The lowest BCUT2D eigenvalue weighted by molar-refractivity contribution is -0.132. The van der Waals surface area contributed by atoms with E-state index >= 15 is 0 Å². The van der Waals surface area contributed by atoms with Crippen LogP contribution >= 0.6 is 0 Å². The van der Waals surface area contributed by atoms with Crippen molar-refractivity contribution >= 4 is 16.9 Å². The molecule has 7 heteroatoms. The van der Waals surface area contributed by atoms with Crippen LogP contribution in [0.5, 0.6) is 0 Å². The number of halogens is 3. The zero-order valence-electron chi connectivity index (χ0n) is 13.2. The number of fused-ring (bicyclic) bond motifs is 1. The zero-order chi connectivity index (χ0) is 16.9. The zero-order valence-corrected chi connectivity index (χ0v) is 13.2. The van der Waals surface area contributed by atoms with E-state index in [9.17, 15) is 13.2 Å². The number of nitrogens with one attached hydrogen (secondary N) is 3. The summed E-state index contributed by atoms with van der Waals surface area (Å²) in [6.45, 7) is 2.44. The molecule has 1 heterocycles. The predicted molar refractivity (Wildman–Crippen MR) is 86.8 cm³/mol. The second-order valence-electron chi connectivity index (χ2n) is 5.40. The molecule has 0 radical (unpaired) electrons. The minimum absolute atomic E-state index is 0.185. The van der Waals surface area contributed by atoms with Crippen molar-refractivity contribution in [1.29, 1.82) is 0 Å². The van der Waals surface area contributed by atoms with Gasteiger partial charge in [-0.1, -0.05) is 12.1 Å². The fourth-order valence-corrected chi connectivity index (χ4v) is 2.37. The molecule has 0 saturated heterocycles.